The lowest BCUT2D eigenvalue weighted by atomic mass is 10.0. The molecule has 1 heteroatoms. The van der Waals surface area contributed by atoms with Crippen molar-refractivity contribution in [3.8, 4) is 0 Å². The van der Waals surface area contributed by atoms with Crippen LogP contribution in [0.2, 0.25) is 0 Å². The van der Waals surface area contributed by atoms with Crippen molar-refractivity contribution in [2.45, 2.75) is 52.6 Å². The monoisotopic (exact) mass is 281 g/mol. The second-order valence-electron chi connectivity index (χ2n) is 5.64. The molecular formula is C20H27N. The number of benzene rings is 2. The predicted octanol–water partition coefficient (Wildman–Crippen LogP) is 4.88. The summed E-state index contributed by atoms with van der Waals surface area (Å²) in [6, 6.07) is 17.6. The third-order valence-corrected chi connectivity index (χ3v) is 3.91. The van der Waals surface area contributed by atoms with Crippen LogP contribution in [-0.4, -0.2) is 0 Å². The van der Waals surface area contributed by atoms with E-state index in [1.165, 1.54) is 47.9 Å². The molecule has 0 aliphatic heterocycles. The van der Waals surface area contributed by atoms with Crippen molar-refractivity contribution in [2.75, 3.05) is 0 Å². The number of nitrogens with one attached hydrogen (secondary N) is 1. The molecule has 0 heterocycles. The summed E-state index contributed by atoms with van der Waals surface area (Å²) in [6.45, 7) is 6.39. The van der Waals surface area contributed by atoms with E-state index in [1.54, 1.807) is 0 Å². The summed E-state index contributed by atoms with van der Waals surface area (Å²) in [5.41, 5.74) is 5.84. The first-order valence-corrected chi connectivity index (χ1v) is 8.19. The molecule has 0 amide bonds. The number of hydrogen-bond acceptors (Lipinski definition) is 1. The molecule has 0 unspecified atom stereocenters. The standard InChI is InChI=1S/C20H27N/c1-3-9-17-11-5-7-13-19(17)15-21-16-20-14-8-6-12-18(20)10-4-2/h5-8,11-14,21H,3-4,9-10,15-16H2,1-2H3. The second-order valence-corrected chi connectivity index (χ2v) is 5.64. The zero-order chi connectivity index (χ0) is 14.9. The Hall–Kier alpha value is -1.60. The maximum atomic E-state index is 3.62. The van der Waals surface area contributed by atoms with Gasteiger partial charge in [-0.25, -0.2) is 0 Å². The lowest BCUT2D eigenvalue weighted by Gasteiger charge is -2.12. The van der Waals surface area contributed by atoms with Gasteiger partial charge in [-0.15, -0.1) is 0 Å². The van der Waals surface area contributed by atoms with E-state index in [0.29, 0.717) is 0 Å². The highest BCUT2D eigenvalue weighted by molar-refractivity contribution is 5.29. The fraction of sp³-hybridized carbons (Fsp3) is 0.400. The molecule has 21 heavy (non-hydrogen) atoms. The van der Waals surface area contributed by atoms with Gasteiger partial charge >= 0.3 is 0 Å². The van der Waals surface area contributed by atoms with E-state index < -0.39 is 0 Å². The highest BCUT2D eigenvalue weighted by Gasteiger charge is 2.03. The third-order valence-electron chi connectivity index (χ3n) is 3.91. The molecule has 0 aliphatic rings. The maximum Gasteiger partial charge on any atom is 0.0211 e. The Morgan fingerprint density at radius 3 is 1.38 bits per heavy atom. The van der Waals surface area contributed by atoms with Crippen molar-refractivity contribution in [1.82, 2.24) is 5.32 Å². The average Bonchev–Trinajstić information content (AvgIpc) is 2.51. The summed E-state index contributed by atoms with van der Waals surface area (Å²) >= 11 is 0. The van der Waals surface area contributed by atoms with Crippen LogP contribution in [-0.2, 0) is 25.9 Å². The van der Waals surface area contributed by atoms with Crippen LogP contribution in [0.5, 0.6) is 0 Å². The summed E-state index contributed by atoms with van der Waals surface area (Å²) in [5, 5.41) is 3.62. The van der Waals surface area contributed by atoms with E-state index in [4.69, 9.17) is 0 Å². The highest BCUT2D eigenvalue weighted by Crippen LogP contribution is 2.13. The molecule has 2 rings (SSSR count). The molecular weight excluding hydrogens is 254 g/mol. The van der Waals surface area contributed by atoms with Gasteiger partial charge in [-0.1, -0.05) is 75.2 Å². The summed E-state index contributed by atoms with van der Waals surface area (Å²) in [6.07, 6.45) is 4.75. The Morgan fingerprint density at radius 1 is 0.619 bits per heavy atom. The van der Waals surface area contributed by atoms with Gasteiger partial charge in [-0.2, -0.15) is 0 Å². The number of aryl methyl sites for hydroxylation is 2. The van der Waals surface area contributed by atoms with Crippen molar-refractivity contribution in [1.29, 1.82) is 0 Å². The Labute approximate surface area is 129 Å². The second kappa shape index (κ2) is 8.63. The predicted molar refractivity (Wildman–Crippen MR) is 91.4 cm³/mol. The van der Waals surface area contributed by atoms with Gasteiger partial charge in [0.25, 0.3) is 0 Å². The van der Waals surface area contributed by atoms with Gasteiger partial charge in [-0.05, 0) is 35.1 Å². The van der Waals surface area contributed by atoms with Crippen molar-refractivity contribution in [3.05, 3.63) is 70.8 Å². The molecule has 0 saturated heterocycles. The first kappa shape index (κ1) is 15.8. The van der Waals surface area contributed by atoms with Crippen LogP contribution >= 0.6 is 0 Å². The molecule has 0 atom stereocenters. The highest BCUT2D eigenvalue weighted by atomic mass is 14.8. The first-order valence-electron chi connectivity index (χ1n) is 8.19. The van der Waals surface area contributed by atoms with Crippen molar-refractivity contribution >= 4 is 0 Å². The molecule has 0 aliphatic carbocycles. The lowest BCUT2D eigenvalue weighted by Crippen LogP contribution is -2.15. The average molecular weight is 281 g/mol. The quantitative estimate of drug-likeness (QED) is 0.727. The van der Waals surface area contributed by atoms with Crippen LogP contribution in [0.1, 0.15) is 48.9 Å². The van der Waals surface area contributed by atoms with Crippen LogP contribution in [0.15, 0.2) is 48.5 Å². The van der Waals surface area contributed by atoms with Gasteiger partial charge in [0.05, 0.1) is 0 Å². The summed E-state index contributed by atoms with van der Waals surface area (Å²) in [5.74, 6) is 0. The fourth-order valence-corrected chi connectivity index (χ4v) is 2.82. The van der Waals surface area contributed by atoms with Gasteiger partial charge in [-0.3, -0.25) is 0 Å². The molecule has 0 radical (unpaired) electrons. The van der Waals surface area contributed by atoms with Crippen LogP contribution in [0.3, 0.4) is 0 Å². The summed E-state index contributed by atoms with van der Waals surface area (Å²) < 4.78 is 0. The van der Waals surface area contributed by atoms with E-state index in [0.717, 1.165) is 13.1 Å². The van der Waals surface area contributed by atoms with Crippen molar-refractivity contribution in [2.24, 2.45) is 0 Å². The molecule has 1 N–H and O–H groups in total. The van der Waals surface area contributed by atoms with Crippen molar-refractivity contribution < 1.29 is 0 Å². The number of hydrogen-bond donors (Lipinski definition) is 1. The minimum atomic E-state index is 0.955. The molecule has 0 saturated carbocycles. The maximum absolute atomic E-state index is 3.62. The van der Waals surface area contributed by atoms with Gasteiger partial charge in [0.1, 0.15) is 0 Å². The molecule has 2 aromatic carbocycles. The smallest absolute Gasteiger partial charge is 0.0211 e. The zero-order valence-electron chi connectivity index (χ0n) is 13.4. The molecule has 0 spiro atoms. The van der Waals surface area contributed by atoms with E-state index in [2.05, 4.69) is 67.7 Å². The zero-order valence-corrected chi connectivity index (χ0v) is 13.4. The topological polar surface area (TPSA) is 12.0 Å². The van der Waals surface area contributed by atoms with Crippen molar-refractivity contribution in [3.63, 3.8) is 0 Å². The van der Waals surface area contributed by atoms with Gasteiger partial charge in [0, 0.05) is 13.1 Å². The number of rotatable bonds is 8. The Morgan fingerprint density at radius 2 is 1.00 bits per heavy atom. The summed E-state index contributed by atoms with van der Waals surface area (Å²) in [4.78, 5) is 0. The van der Waals surface area contributed by atoms with Crippen LogP contribution in [0, 0.1) is 0 Å². The molecule has 1 nitrogen and oxygen atoms in total. The van der Waals surface area contributed by atoms with Gasteiger partial charge in [0.15, 0.2) is 0 Å². The first-order chi connectivity index (χ1) is 10.3. The van der Waals surface area contributed by atoms with E-state index in [-0.39, 0.29) is 0 Å². The minimum absolute atomic E-state index is 0.955. The molecule has 0 fully saturated rings. The van der Waals surface area contributed by atoms with Gasteiger partial charge in [0.2, 0.25) is 0 Å². The van der Waals surface area contributed by atoms with Gasteiger partial charge < -0.3 is 5.32 Å². The van der Waals surface area contributed by atoms with Crippen LogP contribution in [0.25, 0.3) is 0 Å². The lowest BCUT2D eigenvalue weighted by molar-refractivity contribution is 0.679. The minimum Gasteiger partial charge on any atom is -0.309 e. The van der Waals surface area contributed by atoms with E-state index in [9.17, 15) is 0 Å². The SMILES string of the molecule is CCCc1ccccc1CNCc1ccccc1CCC. The Balaban J connectivity index is 1.95. The summed E-state index contributed by atoms with van der Waals surface area (Å²) in [7, 11) is 0. The Bertz CT molecular complexity index is 496. The third kappa shape index (κ3) is 4.71. The molecule has 112 valence electrons. The van der Waals surface area contributed by atoms with E-state index in [1.807, 2.05) is 0 Å². The van der Waals surface area contributed by atoms with E-state index >= 15 is 0 Å². The van der Waals surface area contributed by atoms with Crippen LogP contribution < -0.4 is 5.32 Å². The fourth-order valence-electron chi connectivity index (χ4n) is 2.82. The largest absolute Gasteiger partial charge is 0.309 e. The molecule has 2 aromatic rings. The normalized spacial score (nSPS) is 10.8. The Kier molecular flexibility index (Phi) is 6.49. The molecule has 0 aromatic heterocycles. The molecule has 0 bridgehead atoms. The van der Waals surface area contributed by atoms with Crippen LogP contribution in [0.4, 0.5) is 0 Å².